The lowest BCUT2D eigenvalue weighted by Gasteiger charge is -2.21. The highest BCUT2D eigenvalue weighted by Crippen LogP contribution is 2.26. The molecular formula is C15H21N3O3. The van der Waals surface area contributed by atoms with Crippen molar-refractivity contribution in [1.29, 1.82) is 0 Å². The Balaban J connectivity index is 2.08. The average Bonchev–Trinajstić information content (AvgIpc) is 2.81. The second-order valence-corrected chi connectivity index (χ2v) is 5.67. The van der Waals surface area contributed by atoms with Crippen molar-refractivity contribution in [2.24, 2.45) is 11.8 Å². The zero-order valence-electron chi connectivity index (χ0n) is 12.5. The molecule has 0 aliphatic carbocycles. The van der Waals surface area contributed by atoms with Crippen LogP contribution in [0.25, 0.3) is 0 Å². The SMILES string of the molecule is C[C@@H]1CN(C(=O)Nc2ccccc2N(C)C)C[C@H]1C(=O)O. The molecule has 2 amide bonds. The molecule has 1 aromatic rings. The van der Waals surface area contributed by atoms with E-state index in [0.717, 1.165) is 11.4 Å². The van der Waals surface area contributed by atoms with Crippen LogP contribution in [0.5, 0.6) is 0 Å². The van der Waals surface area contributed by atoms with E-state index >= 15 is 0 Å². The molecule has 21 heavy (non-hydrogen) atoms. The fourth-order valence-corrected chi connectivity index (χ4v) is 2.62. The predicted octanol–water partition coefficient (Wildman–Crippen LogP) is 1.94. The molecule has 2 rings (SSSR count). The summed E-state index contributed by atoms with van der Waals surface area (Å²) in [5, 5.41) is 12.0. The average molecular weight is 291 g/mol. The Hall–Kier alpha value is -2.24. The molecule has 1 aliphatic heterocycles. The number of anilines is 2. The topological polar surface area (TPSA) is 72.9 Å². The Morgan fingerprint density at radius 1 is 1.29 bits per heavy atom. The van der Waals surface area contributed by atoms with Crippen molar-refractivity contribution in [3.63, 3.8) is 0 Å². The number of aliphatic carboxylic acids is 1. The van der Waals surface area contributed by atoms with Gasteiger partial charge in [0, 0.05) is 27.2 Å². The molecule has 114 valence electrons. The van der Waals surface area contributed by atoms with Gasteiger partial charge in [0.25, 0.3) is 0 Å². The Bertz CT molecular complexity index is 545. The molecule has 1 aromatic carbocycles. The first-order valence-corrected chi connectivity index (χ1v) is 6.95. The summed E-state index contributed by atoms with van der Waals surface area (Å²) in [7, 11) is 3.81. The molecule has 0 radical (unpaired) electrons. The number of carbonyl (C=O) groups is 2. The molecule has 0 aromatic heterocycles. The van der Waals surface area contributed by atoms with Crippen molar-refractivity contribution in [2.45, 2.75) is 6.92 Å². The maximum Gasteiger partial charge on any atom is 0.321 e. The first-order valence-electron chi connectivity index (χ1n) is 6.95. The van der Waals surface area contributed by atoms with Gasteiger partial charge in [-0.15, -0.1) is 0 Å². The lowest BCUT2D eigenvalue weighted by molar-refractivity contribution is -0.142. The monoisotopic (exact) mass is 291 g/mol. The first-order chi connectivity index (χ1) is 9.90. The van der Waals surface area contributed by atoms with E-state index in [9.17, 15) is 9.59 Å². The van der Waals surface area contributed by atoms with Crippen molar-refractivity contribution in [2.75, 3.05) is 37.4 Å². The zero-order chi connectivity index (χ0) is 15.6. The van der Waals surface area contributed by atoms with Gasteiger partial charge >= 0.3 is 12.0 Å². The molecule has 2 N–H and O–H groups in total. The highest BCUT2D eigenvalue weighted by molar-refractivity contribution is 5.93. The van der Waals surface area contributed by atoms with Gasteiger partial charge in [-0.1, -0.05) is 19.1 Å². The van der Waals surface area contributed by atoms with Crippen LogP contribution >= 0.6 is 0 Å². The number of amides is 2. The standard InChI is InChI=1S/C15H21N3O3/c1-10-8-18(9-11(10)14(19)20)15(21)16-12-6-4-5-7-13(12)17(2)3/h4-7,10-11H,8-9H2,1-3H3,(H,16,21)(H,19,20)/t10-,11-/m1/s1. The molecule has 1 aliphatic rings. The summed E-state index contributed by atoms with van der Waals surface area (Å²) >= 11 is 0. The maximum absolute atomic E-state index is 12.3. The number of hydrogen-bond acceptors (Lipinski definition) is 3. The van der Waals surface area contributed by atoms with Crippen molar-refractivity contribution in [3.05, 3.63) is 24.3 Å². The number of rotatable bonds is 3. The van der Waals surface area contributed by atoms with Gasteiger partial charge in [0.05, 0.1) is 17.3 Å². The molecule has 6 nitrogen and oxygen atoms in total. The Morgan fingerprint density at radius 2 is 1.95 bits per heavy atom. The summed E-state index contributed by atoms with van der Waals surface area (Å²) in [5.41, 5.74) is 1.63. The minimum absolute atomic E-state index is 0.0302. The number of hydrogen-bond donors (Lipinski definition) is 2. The summed E-state index contributed by atoms with van der Waals surface area (Å²) in [6.45, 7) is 2.58. The Kier molecular flexibility index (Phi) is 4.35. The third-order valence-electron chi connectivity index (χ3n) is 3.84. The first kappa shape index (κ1) is 15.2. The molecule has 0 bridgehead atoms. The Labute approximate surface area is 124 Å². The Morgan fingerprint density at radius 3 is 2.52 bits per heavy atom. The van der Waals surface area contributed by atoms with Gasteiger partial charge in [-0.3, -0.25) is 4.79 Å². The van der Waals surface area contributed by atoms with Crippen LogP contribution in [0.4, 0.5) is 16.2 Å². The molecule has 0 saturated carbocycles. The zero-order valence-corrected chi connectivity index (χ0v) is 12.5. The van der Waals surface area contributed by atoms with Crippen LogP contribution in [0.2, 0.25) is 0 Å². The number of nitrogens with zero attached hydrogens (tertiary/aromatic N) is 2. The number of nitrogens with one attached hydrogen (secondary N) is 1. The van der Waals surface area contributed by atoms with Crippen LogP contribution in [-0.2, 0) is 4.79 Å². The second kappa shape index (κ2) is 6.03. The molecule has 1 fully saturated rings. The minimum atomic E-state index is -0.841. The highest BCUT2D eigenvalue weighted by Gasteiger charge is 2.37. The normalized spacial score (nSPS) is 21.2. The van der Waals surface area contributed by atoms with Crippen LogP contribution in [0.3, 0.4) is 0 Å². The van der Waals surface area contributed by atoms with E-state index < -0.39 is 11.9 Å². The van der Waals surface area contributed by atoms with E-state index in [0.29, 0.717) is 6.54 Å². The van der Waals surface area contributed by atoms with E-state index in [2.05, 4.69) is 5.32 Å². The smallest absolute Gasteiger partial charge is 0.321 e. The van der Waals surface area contributed by atoms with Gasteiger partial charge in [-0.2, -0.15) is 0 Å². The molecule has 6 heteroatoms. The van der Waals surface area contributed by atoms with Crippen LogP contribution in [0.1, 0.15) is 6.92 Å². The number of benzene rings is 1. The van der Waals surface area contributed by atoms with Crippen molar-refractivity contribution < 1.29 is 14.7 Å². The van der Waals surface area contributed by atoms with E-state index in [1.807, 2.05) is 50.2 Å². The molecule has 1 heterocycles. The highest BCUT2D eigenvalue weighted by atomic mass is 16.4. The van der Waals surface area contributed by atoms with Gasteiger partial charge in [-0.25, -0.2) is 4.79 Å². The van der Waals surface area contributed by atoms with Crippen molar-refractivity contribution >= 4 is 23.4 Å². The maximum atomic E-state index is 12.3. The van der Waals surface area contributed by atoms with Gasteiger partial charge in [0.2, 0.25) is 0 Å². The summed E-state index contributed by atoms with van der Waals surface area (Å²) in [4.78, 5) is 26.9. The quantitative estimate of drug-likeness (QED) is 0.892. The lowest BCUT2D eigenvalue weighted by atomic mass is 9.99. The largest absolute Gasteiger partial charge is 0.481 e. The molecule has 2 atom stereocenters. The van der Waals surface area contributed by atoms with Crippen LogP contribution in [-0.4, -0.2) is 49.2 Å². The van der Waals surface area contributed by atoms with Gasteiger partial charge in [0.15, 0.2) is 0 Å². The van der Waals surface area contributed by atoms with Gasteiger partial charge in [-0.05, 0) is 18.1 Å². The van der Waals surface area contributed by atoms with E-state index in [4.69, 9.17) is 5.11 Å². The predicted molar refractivity (Wildman–Crippen MR) is 81.7 cm³/mol. The molecular weight excluding hydrogens is 270 g/mol. The minimum Gasteiger partial charge on any atom is -0.481 e. The molecule has 0 spiro atoms. The fourth-order valence-electron chi connectivity index (χ4n) is 2.62. The van der Waals surface area contributed by atoms with E-state index in [1.54, 1.807) is 4.90 Å². The van der Waals surface area contributed by atoms with Crippen LogP contribution in [0, 0.1) is 11.8 Å². The third-order valence-corrected chi connectivity index (χ3v) is 3.84. The van der Waals surface area contributed by atoms with Gasteiger partial charge < -0.3 is 20.2 Å². The lowest BCUT2D eigenvalue weighted by Crippen LogP contribution is -2.34. The van der Waals surface area contributed by atoms with Crippen molar-refractivity contribution in [1.82, 2.24) is 4.90 Å². The molecule has 0 unspecified atom stereocenters. The fraction of sp³-hybridized carbons (Fsp3) is 0.467. The number of urea groups is 1. The number of likely N-dealkylation sites (tertiary alicyclic amines) is 1. The van der Waals surface area contributed by atoms with Crippen LogP contribution < -0.4 is 10.2 Å². The van der Waals surface area contributed by atoms with Gasteiger partial charge in [0.1, 0.15) is 0 Å². The summed E-state index contributed by atoms with van der Waals surface area (Å²) in [6.07, 6.45) is 0. The van der Waals surface area contributed by atoms with Crippen LogP contribution in [0.15, 0.2) is 24.3 Å². The summed E-state index contributed by atoms with van der Waals surface area (Å²) < 4.78 is 0. The number of para-hydroxylation sites is 2. The summed E-state index contributed by atoms with van der Waals surface area (Å²) in [5.74, 6) is -1.36. The number of carboxylic acid groups (broad SMARTS) is 1. The second-order valence-electron chi connectivity index (χ2n) is 5.67. The summed E-state index contributed by atoms with van der Waals surface area (Å²) in [6, 6.07) is 7.27. The third kappa shape index (κ3) is 3.26. The van der Waals surface area contributed by atoms with E-state index in [1.165, 1.54) is 0 Å². The van der Waals surface area contributed by atoms with E-state index in [-0.39, 0.29) is 18.5 Å². The number of carbonyl (C=O) groups excluding carboxylic acids is 1. The molecule has 1 saturated heterocycles. The van der Waals surface area contributed by atoms with Crippen molar-refractivity contribution in [3.8, 4) is 0 Å². The number of carboxylic acids is 1.